The SMILES string of the molecule is COc1ccc(N)cc1C(=O)N1CCC(Cc2ccc(F)cc2)CC1. The first-order valence-corrected chi connectivity index (χ1v) is 8.54. The van der Waals surface area contributed by atoms with Gasteiger partial charge >= 0.3 is 0 Å². The summed E-state index contributed by atoms with van der Waals surface area (Å²) in [4.78, 5) is 14.6. The minimum Gasteiger partial charge on any atom is -0.496 e. The number of amides is 1. The number of methoxy groups -OCH3 is 1. The van der Waals surface area contributed by atoms with Crippen LogP contribution in [0.15, 0.2) is 42.5 Å². The van der Waals surface area contributed by atoms with Gasteiger partial charge in [-0.1, -0.05) is 12.1 Å². The molecule has 2 aromatic rings. The number of benzene rings is 2. The Morgan fingerprint density at radius 2 is 1.88 bits per heavy atom. The highest BCUT2D eigenvalue weighted by Gasteiger charge is 2.25. The Hall–Kier alpha value is -2.56. The number of rotatable bonds is 4. The lowest BCUT2D eigenvalue weighted by atomic mass is 9.90. The summed E-state index contributed by atoms with van der Waals surface area (Å²) < 4.78 is 18.3. The Bertz CT molecular complexity index is 738. The van der Waals surface area contributed by atoms with Crippen LogP contribution in [0.2, 0.25) is 0 Å². The fourth-order valence-electron chi connectivity index (χ4n) is 3.36. The fourth-order valence-corrected chi connectivity index (χ4v) is 3.36. The summed E-state index contributed by atoms with van der Waals surface area (Å²) in [5.74, 6) is 0.814. The maximum Gasteiger partial charge on any atom is 0.257 e. The summed E-state index contributed by atoms with van der Waals surface area (Å²) in [5, 5.41) is 0. The largest absolute Gasteiger partial charge is 0.496 e. The van der Waals surface area contributed by atoms with Gasteiger partial charge in [0.2, 0.25) is 0 Å². The monoisotopic (exact) mass is 342 g/mol. The van der Waals surface area contributed by atoms with Crippen molar-refractivity contribution in [1.29, 1.82) is 0 Å². The molecule has 4 nitrogen and oxygen atoms in total. The van der Waals surface area contributed by atoms with Crippen LogP contribution >= 0.6 is 0 Å². The number of piperidine rings is 1. The molecule has 5 heteroatoms. The van der Waals surface area contributed by atoms with E-state index in [1.165, 1.54) is 12.1 Å². The molecule has 0 radical (unpaired) electrons. The van der Waals surface area contributed by atoms with Gasteiger partial charge in [0.05, 0.1) is 12.7 Å². The van der Waals surface area contributed by atoms with Gasteiger partial charge in [0.1, 0.15) is 11.6 Å². The van der Waals surface area contributed by atoms with Gasteiger partial charge in [-0.2, -0.15) is 0 Å². The Labute approximate surface area is 147 Å². The number of anilines is 1. The zero-order chi connectivity index (χ0) is 17.8. The summed E-state index contributed by atoms with van der Waals surface area (Å²) in [5.41, 5.74) is 8.02. The lowest BCUT2D eigenvalue weighted by Gasteiger charge is -2.32. The van der Waals surface area contributed by atoms with Gasteiger partial charge < -0.3 is 15.4 Å². The molecule has 0 spiro atoms. The first kappa shape index (κ1) is 17.3. The summed E-state index contributed by atoms with van der Waals surface area (Å²) in [7, 11) is 1.55. The van der Waals surface area contributed by atoms with E-state index in [4.69, 9.17) is 10.5 Å². The Balaban J connectivity index is 1.61. The Morgan fingerprint density at radius 3 is 2.52 bits per heavy atom. The summed E-state index contributed by atoms with van der Waals surface area (Å²) in [6.45, 7) is 1.42. The molecule has 1 fully saturated rings. The molecule has 2 N–H and O–H groups in total. The van der Waals surface area contributed by atoms with Gasteiger partial charge in [-0.05, 0) is 61.1 Å². The number of ether oxygens (including phenoxy) is 1. The topological polar surface area (TPSA) is 55.6 Å². The van der Waals surface area contributed by atoms with Crippen molar-refractivity contribution >= 4 is 11.6 Å². The molecular formula is C20H23FN2O2. The van der Waals surface area contributed by atoms with E-state index in [-0.39, 0.29) is 11.7 Å². The number of likely N-dealkylation sites (tertiary alicyclic amines) is 1. The van der Waals surface area contributed by atoms with Crippen molar-refractivity contribution in [2.45, 2.75) is 19.3 Å². The average molecular weight is 342 g/mol. The number of hydrogen-bond acceptors (Lipinski definition) is 3. The fraction of sp³-hybridized carbons (Fsp3) is 0.350. The number of nitrogen functional groups attached to an aromatic ring is 1. The van der Waals surface area contributed by atoms with Crippen LogP contribution in [0.3, 0.4) is 0 Å². The van der Waals surface area contributed by atoms with Crippen LogP contribution in [-0.4, -0.2) is 31.0 Å². The molecule has 0 bridgehead atoms. The van der Waals surface area contributed by atoms with E-state index in [2.05, 4.69) is 0 Å². The molecular weight excluding hydrogens is 319 g/mol. The van der Waals surface area contributed by atoms with Crippen LogP contribution in [-0.2, 0) is 6.42 Å². The molecule has 0 aliphatic carbocycles. The summed E-state index contributed by atoms with van der Waals surface area (Å²) in [6.07, 6.45) is 2.80. The predicted octanol–water partition coefficient (Wildman–Crippen LogP) is 3.51. The number of hydrogen-bond donors (Lipinski definition) is 1. The van der Waals surface area contributed by atoms with Crippen LogP contribution in [0.5, 0.6) is 5.75 Å². The van der Waals surface area contributed by atoms with Crippen LogP contribution in [0.1, 0.15) is 28.8 Å². The van der Waals surface area contributed by atoms with E-state index >= 15 is 0 Å². The molecule has 1 amide bonds. The maximum atomic E-state index is 13.0. The molecule has 0 saturated carbocycles. The van der Waals surface area contributed by atoms with E-state index in [9.17, 15) is 9.18 Å². The zero-order valence-electron chi connectivity index (χ0n) is 14.4. The number of carbonyl (C=O) groups excluding carboxylic acids is 1. The highest BCUT2D eigenvalue weighted by atomic mass is 19.1. The van der Waals surface area contributed by atoms with Crippen molar-refractivity contribution in [1.82, 2.24) is 4.90 Å². The third-order valence-electron chi connectivity index (χ3n) is 4.79. The standard InChI is InChI=1S/C20H23FN2O2/c1-25-19-7-6-17(22)13-18(19)20(24)23-10-8-15(9-11-23)12-14-2-4-16(21)5-3-14/h2-7,13,15H,8-12,22H2,1H3. The van der Waals surface area contributed by atoms with Crippen molar-refractivity contribution in [3.8, 4) is 5.75 Å². The van der Waals surface area contributed by atoms with E-state index < -0.39 is 0 Å². The number of nitrogens with two attached hydrogens (primary N) is 1. The number of nitrogens with zero attached hydrogens (tertiary/aromatic N) is 1. The second-order valence-corrected chi connectivity index (χ2v) is 6.53. The molecule has 1 aliphatic rings. The first-order chi connectivity index (χ1) is 12.1. The molecule has 3 rings (SSSR count). The molecule has 0 unspecified atom stereocenters. The molecule has 25 heavy (non-hydrogen) atoms. The smallest absolute Gasteiger partial charge is 0.257 e. The molecule has 2 aromatic carbocycles. The van der Waals surface area contributed by atoms with Crippen LogP contribution in [0, 0.1) is 11.7 Å². The minimum absolute atomic E-state index is 0.0376. The van der Waals surface area contributed by atoms with Gasteiger partial charge in [-0.25, -0.2) is 4.39 Å². The van der Waals surface area contributed by atoms with Gasteiger partial charge in [-0.15, -0.1) is 0 Å². The summed E-state index contributed by atoms with van der Waals surface area (Å²) >= 11 is 0. The van der Waals surface area contributed by atoms with E-state index in [0.29, 0.717) is 36.0 Å². The molecule has 1 saturated heterocycles. The zero-order valence-corrected chi connectivity index (χ0v) is 14.4. The van der Waals surface area contributed by atoms with Gasteiger partial charge in [0, 0.05) is 18.8 Å². The van der Waals surface area contributed by atoms with Crippen LogP contribution in [0.4, 0.5) is 10.1 Å². The second kappa shape index (κ2) is 7.55. The molecule has 1 aliphatic heterocycles. The third kappa shape index (κ3) is 4.10. The van der Waals surface area contributed by atoms with Gasteiger partial charge in [-0.3, -0.25) is 4.79 Å². The minimum atomic E-state index is -0.208. The lowest BCUT2D eigenvalue weighted by Crippen LogP contribution is -2.39. The van der Waals surface area contributed by atoms with E-state index in [1.807, 2.05) is 17.0 Å². The van der Waals surface area contributed by atoms with Crippen molar-refractivity contribution in [2.75, 3.05) is 25.9 Å². The van der Waals surface area contributed by atoms with E-state index in [1.54, 1.807) is 25.3 Å². The lowest BCUT2D eigenvalue weighted by molar-refractivity contribution is 0.0687. The Morgan fingerprint density at radius 1 is 1.20 bits per heavy atom. The molecule has 0 aromatic heterocycles. The maximum absolute atomic E-state index is 13.0. The third-order valence-corrected chi connectivity index (χ3v) is 4.79. The number of carbonyl (C=O) groups is 1. The second-order valence-electron chi connectivity index (χ2n) is 6.53. The summed E-state index contributed by atoms with van der Waals surface area (Å²) in [6, 6.07) is 11.8. The van der Waals surface area contributed by atoms with Crippen molar-refractivity contribution in [2.24, 2.45) is 5.92 Å². The molecule has 0 atom stereocenters. The highest BCUT2D eigenvalue weighted by Crippen LogP contribution is 2.27. The molecule has 1 heterocycles. The van der Waals surface area contributed by atoms with Crippen LogP contribution in [0.25, 0.3) is 0 Å². The van der Waals surface area contributed by atoms with Crippen molar-refractivity contribution in [3.63, 3.8) is 0 Å². The predicted molar refractivity (Wildman–Crippen MR) is 96.1 cm³/mol. The normalized spacial score (nSPS) is 15.2. The van der Waals surface area contributed by atoms with Crippen LogP contribution < -0.4 is 10.5 Å². The first-order valence-electron chi connectivity index (χ1n) is 8.54. The van der Waals surface area contributed by atoms with Gasteiger partial charge in [0.25, 0.3) is 5.91 Å². The molecule has 132 valence electrons. The average Bonchev–Trinajstić information content (AvgIpc) is 2.63. The van der Waals surface area contributed by atoms with E-state index in [0.717, 1.165) is 24.8 Å². The van der Waals surface area contributed by atoms with Gasteiger partial charge in [0.15, 0.2) is 0 Å². The Kier molecular flexibility index (Phi) is 5.22. The quantitative estimate of drug-likeness (QED) is 0.865. The highest BCUT2D eigenvalue weighted by molar-refractivity contribution is 5.97. The van der Waals surface area contributed by atoms with Crippen molar-refractivity contribution in [3.05, 3.63) is 59.4 Å². The number of halogens is 1. The van der Waals surface area contributed by atoms with Crippen molar-refractivity contribution < 1.29 is 13.9 Å².